The lowest BCUT2D eigenvalue weighted by Gasteiger charge is -2.11. The van der Waals surface area contributed by atoms with Crippen LogP contribution < -0.4 is 16.4 Å². The number of carbonyl (C=O) groups excluding carboxylic acids is 2. The first-order valence-corrected chi connectivity index (χ1v) is 5.35. The van der Waals surface area contributed by atoms with Crippen molar-refractivity contribution in [3.8, 4) is 0 Å². The maximum absolute atomic E-state index is 11.4. The van der Waals surface area contributed by atoms with Gasteiger partial charge in [-0.25, -0.2) is 0 Å². The molecule has 0 aliphatic heterocycles. The third kappa shape index (κ3) is 6.90. The minimum Gasteiger partial charge on any atom is -0.359 e. The molecule has 0 aromatic carbocycles. The first-order chi connectivity index (χ1) is 7.11. The maximum Gasteiger partial charge on any atom is 0.236 e. The van der Waals surface area contributed by atoms with E-state index in [1.54, 1.807) is 7.05 Å². The van der Waals surface area contributed by atoms with Crippen LogP contribution >= 0.6 is 0 Å². The number of hydrogen-bond acceptors (Lipinski definition) is 3. The first kappa shape index (κ1) is 13.9. The Bertz CT molecular complexity index is 207. The van der Waals surface area contributed by atoms with E-state index in [2.05, 4.69) is 17.6 Å². The molecular weight excluding hydrogens is 194 g/mol. The molecule has 0 bridgehead atoms. The van der Waals surface area contributed by atoms with Gasteiger partial charge >= 0.3 is 0 Å². The van der Waals surface area contributed by atoms with Gasteiger partial charge in [-0.1, -0.05) is 19.8 Å². The van der Waals surface area contributed by atoms with Crippen LogP contribution in [0.3, 0.4) is 0 Å². The smallest absolute Gasteiger partial charge is 0.236 e. The van der Waals surface area contributed by atoms with E-state index in [1.165, 1.54) is 0 Å². The molecule has 0 spiro atoms. The Kier molecular flexibility index (Phi) is 7.62. The van der Waals surface area contributed by atoms with E-state index in [1.807, 2.05) is 0 Å². The highest BCUT2D eigenvalue weighted by Gasteiger charge is 2.11. The highest BCUT2D eigenvalue weighted by Crippen LogP contribution is 1.97. The van der Waals surface area contributed by atoms with Crippen molar-refractivity contribution in [3.63, 3.8) is 0 Å². The molecule has 88 valence electrons. The zero-order valence-electron chi connectivity index (χ0n) is 9.51. The number of amides is 2. The number of rotatable bonds is 7. The Labute approximate surface area is 90.8 Å². The van der Waals surface area contributed by atoms with Crippen molar-refractivity contribution in [2.24, 2.45) is 5.73 Å². The predicted octanol–water partition coefficient (Wildman–Crippen LogP) is -0.244. The molecule has 0 aliphatic carbocycles. The standard InChI is InChI=1S/C10H21N3O2/c1-3-4-5-8(11)10(15)13-7-6-9(14)12-2/h8H,3-7,11H2,1-2H3,(H,12,14)(H,13,15)/t8-/m0/s1. The van der Waals surface area contributed by atoms with Crippen molar-refractivity contribution < 1.29 is 9.59 Å². The molecule has 5 heteroatoms. The molecule has 0 unspecified atom stereocenters. The predicted molar refractivity (Wildman–Crippen MR) is 59.2 cm³/mol. The van der Waals surface area contributed by atoms with Crippen molar-refractivity contribution in [1.82, 2.24) is 10.6 Å². The zero-order valence-corrected chi connectivity index (χ0v) is 9.51. The molecule has 0 aromatic heterocycles. The largest absolute Gasteiger partial charge is 0.359 e. The fourth-order valence-electron chi connectivity index (χ4n) is 1.11. The number of nitrogens with one attached hydrogen (secondary N) is 2. The van der Waals surface area contributed by atoms with Crippen molar-refractivity contribution in [2.45, 2.75) is 38.6 Å². The number of unbranched alkanes of at least 4 members (excludes halogenated alkanes) is 1. The van der Waals surface area contributed by atoms with Crippen LogP contribution in [-0.4, -0.2) is 31.4 Å². The molecule has 0 saturated carbocycles. The molecular formula is C10H21N3O2. The minimum atomic E-state index is -0.449. The quantitative estimate of drug-likeness (QED) is 0.548. The molecule has 4 N–H and O–H groups in total. The van der Waals surface area contributed by atoms with Gasteiger partial charge in [-0.2, -0.15) is 0 Å². The van der Waals surface area contributed by atoms with E-state index < -0.39 is 6.04 Å². The molecule has 0 fully saturated rings. The first-order valence-electron chi connectivity index (χ1n) is 5.35. The van der Waals surface area contributed by atoms with Gasteiger partial charge in [-0.3, -0.25) is 9.59 Å². The third-order valence-electron chi connectivity index (χ3n) is 2.14. The lowest BCUT2D eigenvalue weighted by Crippen LogP contribution is -2.41. The fraction of sp³-hybridized carbons (Fsp3) is 0.800. The third-order valence-corrected chi connectivity index (χ3v) is 2.14. The summed E-state index contributed by atoms with van der Waals surface area (Å²) in [5, 5.41) is 5.11. The molecule has 15 heavy (non-hydrogen) atoms. The van der Waals surface area contributed by atoms with Crippen LogP contribution in [-0.2, 0) is 9.59 Å². The van der Waals surface area contributed by atoms with Gasteiger partial charge in [-0.15, -0.1) is 0 Å². The summed E-state index contributed by atoms with van der Waals surface area (Å²) in [6.45, 7) is 2.40. The van der Waals surface area contributed by atoms with Crippen LogP contribution in [0.5, 0.6) is 0 Å². The van der Waals surface area contributed by atoms with E-state index >= 15 is 0 Å². The van der Waals surface area contributed by atoms with Crippen LogP contribution in [0, 0.1) is 0 Å². The summed E-state index contributed by atoms with van der Waals surface area (Å²) >= 11 is 0. The number of carbonyl (C=O) groups is 2. The Morgan fingerprint density at radius 2 is 2.07 bits per heavy atom. The van der Waals surface area contributed by atoms with Crippen LogP contribution in [0.2, 0.25) is 0 Å². The van der Waals surface area contributed by atoms with E-state index in [-0.39, 0.29) is 11.8 Å². The monoisotopic (exact) mass is 215 g/mol. The van der Waals surface area contributed by atoms with Gasteiger partial charge in [0.25, 0.3) is 0 Å². The Hall–Kier alpha value is -1.10. The van der Waals surface area contributed by atoms with Gasteiger partial charge in [0.05, 0.1) is 6.04 Å². The van der Waals surface area contributed by atoms with Crippen LogP contribution in [0.4, 0.5) is 0 Å². The van der Waals surface area contributed by atoms with Gasteiger partial charge in [0.1, 0.15) is 0 Å². The zero-order chi connectivity index (χ0) is 11.7. The topological polar surface area (TPSA) is 84.2 Å². The average Bonchev–Trinajstić information content (AvgIpc) is 2.25. The molecule has 0 saturated heterocycles. The van der Waals surface area contributed by atoms with E-state index in [0.29, 0.717) is 19.4 Å². The van der Waals surface area contributed by atoms with Crippen molar-refractivity contribution in [2.75, 3.05) is 13.6 Å². The summed E-state index contributed by atoms with van der Waals surface area (Å²) in [4.78, 5) is 22.2. The van der Waals surface area contributed by atoms with E-state index in [4.69, 9.17) is 5.73 Å². The second-order valence-electron chi connectivity index (χ2n) is 3.46. The summed E-state index contributed by atoms with van der Waals surface area (Å²) < 4.78 is 0. The van der Waals surface area contributed by atoms with E-state index in [0.717, 1.165) is 12.8 Å². The highest BCUT2D eigenvalue weighted by atomic mass is 16.2. The van der Waals surface area contributed by atoms with Gasteiger partial charge in [0.15, 0.2) is 0 Å². The molecule has 1 atom stereocenters. The second-order valence-corrected chi connectivity index (χ2v) is 3.46. The Morgan fingerprint density at radius 3 is 2.60 bits per heavy atom. The lowest BCUT2D eigenvalue weighted by atomic mass is 10.1. The highest BCUT2D eigenvalue weighted by molar-refractivity contribution is 5.82. The van der Waals surface area contributed by atoms with Crippen LogP contribution in [0.1, 0.15) is 32.6 Å². The molecule has 2 amide bonds. The van der Waals surface area contributed by atoms with Crippen molar-refractivity contribution >= 4 is 11.8 Å². The SMILES string of the molecule is CCCC[C@H](N)C(=O)NCCC(=O)NC. The van der Waals surface area contributed by atoms with Gasteiger partial charge in [-0.05, 0) is 6.42 Å². The molecule has 0 rings (SSSR count). The summed E-state index contributed by atoms with van der Waals surface area (Å²) in [6, 6.07) is -0.449. The summed E-state index contributed by atoms with van der Waals surface area (Å²) in [6.07, 6.45) is 2.97. The summed E-state index contributed by atoms with van der Waals surface area (Å²) in [5.41, 5.74) is 5.64. The molecule has 0 aliphatic rings. The van der Waals surface area contributed by atoms with E-state index in [9.17, 15) is 9.59 Å². The van der Waals surface area contributed by atoms with Crippen molar-refractivity contribution in [1.29, 1.82) is 0 Å². The van der Waals surface area contributed by atoms with Gasteiger partial charge in [0.2, 0.25) is 11.8 Å². The minimum absolute atomic E-state index is 0.0857. The second kappa shape index (κ2) is 8.23. The maximum atomic E-state index is 11.4. The van der Waals surface area contributed by atoms with Crippen molar-refractivity contribution in [3.05, 3.63) is 0 Å². The van der Waals surface area contributed by atoms with Crippen LogP contribution in [0.25, 0.3) is 0 Å². The summed E-state index contributed by atoms with van der Waals surface area (Å²) in [5.74, 6) is -0.259. The van der Waals surface area contributed by atoms with Gasteiger partial charge < -0.3 is 16.4 Å². The molecule has 5 nitrogen and oxygen atoms in total. The average molecular weight is 215 g/mol. The lowest BCUT2D eigenvalue weighted by molar-refractivity contribution is -0.123. The Balaban J connectivity index is 3.59. The molecule has 0 radical (unpaired) electrons. The van der Waals surface area contributed by atoms with Crippen LogP contribution in [0.15, 0.2) is 0 Å². The number of hydrogen-bond donors (Lipinski definition) is 3. The number of nitrogens with two attached hydrogens (primary N) is 1. The summed E-state index contributed by atoms with van der Waals surface area (Å²) in [7, 11) is 1.57. The fourth-order valence-corrected chi connectivity index (χ4v) is 1.11. The normalized spacial score (nSPS) is 11.9. The van der Waals surface area contributed by atoms with Gasteiger partial charge in [0, 0.05) is 20.0 Å². The Morgan fingerprint density at radius 1 is 1.40 bits per heavy atom. The molecule has 0 heterocycles. The molecule has 0 aromatic rings.